The highest BCUT2D eigenvalue weighted by Gasteiger charge is 2.27. The van der Waals surface area contributed by atoms with Gasteiger partial charge in [0.2, 0.25) is 5.95 Å². The van der Waals surface area contributed by atoms with Gasteiger partial charge in [-0.05, 0) is 19.3 Å². The Hall–Kier alpha value is -0.880. The highest BCUT2D eigenvalue weighted by molar-refractivity contribution is 7.90. The molecule has 0 aliphatic carbocycles. The first-order valence-electron chi connectivity index (χ1n) is 5.87. The Morgan fingerprint density at radius 3 is 2.67 bits per heavy atom. The lowest BCUT2D eigenvalue weighted by Crippen LogP contribution is -2.44. The summed E-state index contributed by atoms with van der Waals surface area (Å²) in [6, 6.07) is -0.0325. The van der Waals surface area contributed by atoms with Gasteiger partial charge in [0.1, 0.15) is 9.84 Å². The molecule has 1 aliphatic rings. The summed E-state index contributed by atoms with van der Waals surface area (Å²) in [5.74, 6) is 0.715. The number of anilines is 1. The molecule has 1 aliphatic heterocycles. The molecule has 2 heterocycles. The lowest BCUT2D eigenvalue weighted by molar-refractivity contribution is 0.474. The third-order valence-corrected chi connectivity index (χ3v) is 4.17. The third-order valence-electron chi connectivity index (χ3n) is 2.99. The largest absolute Gasteiger partial charge is 0.337 e. The van der Waals surface area contributed by atoms with E-state index in [1.807, 2.05) is 4.90 Å². The zero-order valence-corrected chi connectivity index (χ0v) is 11.8. The predicted molar refractivity (Wildman–Crippen MR) is 71.7 cm³/mol. The van der Waals surface area contributed by atoms with E-state index < -0.39 is 9.84 Å². The molecule has 0 spiro atoms. The molecule has 1 aromatic heterocycles. The van der Waals surface area contributed by atoms with Gasteiger partial charge < -0.3 is 4.90 Å². The second-order valence-electron chi connectivity index (χ2n) is 4.64. The smallest absolute Gasteiger partial charge is 0.225 e. The van der Waals surface area contributed by atoms with Crippen molar-refractivity contribution in [3.63, 3.8) is 0 Å². The highest BCUT2D eigenvalue weighted by Crippen LogP contribution is 2.23. The molecule has 5 nitrogen and oxygen atoms in total. The van der Waals surface area contributed by atoms with Crippen LogP contribution in [0.2, 0.25) is 5.02 Å². The molecular formula is C11H16ClN3O2S. The summed E-state index contributed by atoms with van der Waals surface area (Å²) in [6.07, 6.45) is 7.28. The number of nitrogens with zero attached hydrogens (tertiary/aromatic N) is 3. The summed E-state index contributed by atoms with van der Waals surface area (Å²) < 4.78 is 22.9. The van der Waals surface area contributed by atoms with E-state index in [-0.39, 0.29) is 11.8 Å². The molecule has 0 radical (unpaired) electrons. The van der Waals surface area contributed by atoms with Gasteiger partial charge in [-0.2, -0.15) is 0 Å². The van der Waals surface area contributed by atoms with E-state index in [0.29, 0.717) is 11.0 Å². The fourth-order valence-corrected chi connectivity index (χ4v) is 3.38. The van der Waals surface area contributed by atoms with E-state index >= 15 is 0 Å². The van der Waals surface area contributed by atoms with Gasteiger partial charge in [0.15, 0.2) is 0 Å². The molecule has 0 N–H and O–H groups in total. The average molecular weight is 290 g/mol. The van der Waals surface area contributed by atoms with Gasteiger partial charge in [-0.3, -0.25) is 0 Å². The van der Waals surface area contributed by atoms with Crippen LogP contribution in [0.25, 0.3) is 0 Å². The van der Waals surface area contributed by atoms with Crippen LogP contribution in [0, 0.1) is 0 Å². The van der Waals surface area contributed by atoms with Crippen molar-refractivity contribution >= 4 is 27.4 Å². The fourth-order valence-electron chi connectivity index (χ4n) is 2.24. The molecule has 1 saturated heterocycles. The standard InChI is InChI=1S/C11H16ClN3O2S/c1-18(16,17)8-10-4-2-3-5-15(10)11-13-6-9(12)7-14-11/h6-7,10H,2-5,8H2,1H3. The predicted octanol–water partition coefficient (Wildman–Crippen LogP) is 1.53. The van der Waals surface area contributed by atoms with Crippen molar-refractivity contribution in [2.45, 2.75) is 25.3 Å². The summed E-state index contributed by atoms with van der Waals surface area (Å²) in [5, 5.41) is 0.482. The summed E-state index contributed by atoms with van der Waals surface area (Å²) in [7, 11) is -3.00. The van der Waals surface area contributed by atoms with Crippen LogP contribution in [0.4, 0.5) is 5.95 Å². The lowest BCUT2D eigenvalue weighted by Gasteiger charge is -2.35. The normalized spacial score (nSPS) is 21.0. The summed E-state index contributed by atoms with van der Waals surface area (Å²) >= 11 is 5.75. The lowest BCUT2D eigenvalue weighted by atomic mass is 10.0. The van der Waals surface area contributed by atoms with E-state index in [1.54, 1.807) is 0 Å². The van der Waals surface area contributed by atoms with E-state index in [2.05, 4.69) is 9.97 Å². The van der Waals surface area contributed by atoms with Crippen molar-refractivity contribution in [3.05, 3.63) is 17.4 Å². The number of halogens is 1. The summed E-state index contributed by atoms with van der Waals surface area (Å²) in [4.78, 5) is 10.3. The average Bonchev–Trinajstić information content (AvgIpc) is 2.29. The van der Waals surface area contributed by atoms with E-state index in [0.717, 1.165) is 25.8 Å². The molecule has 2 rings (SSSR count). The Bertz CT molecular complexity index is 504. The van der Waals surface area contributed by atoms with Crippen molar-refractivity contribution in [2.75, 3.05) is 23.5 Å². The van der Waals surface area contributed by atoms with Gasteiger partial charge in [0.05, 0.1) is 23.2 Å². The van der Waals surface area contributed by atoms with Crippen LogP contribution >= 0.6 is 11.6 Å². The Morgan fingerprint density at radius 1 is 1.39 bits per heavy atom. The second-order valence-corrected chi connectivity index (χ2v) is 7.26. The van der Waals surface area contributed by atoms with E-state index in [9.17, 15) is 8.42 Å². The molecule has 18 heavy (non-hydrogen) atoms. The van der Waals surface area contributed by atoms with Gasteiger partial charge in [-0.25, -0.2) is 18.4 Å². The Balaban J connectivity index is 2.20. The zero-order chi connectivity index (χ0) is 13.2. The number of sulfone groups is 1. The van der Waals surface area contributed by atoms with Crippen molar-refractivity contribution in [1.29, 1.82) is 0 Å². The molecule has 100 valence electrons. The molecular weight excluding hydrogens is 274 g/mol. The van der Waals surface area contributed by atoms with Gasteiger partial charge in [0, 0.05) is 18.8 Å². The molecule has 0 bridgehead atoms. The Morgan fingerprint density at radius 2 is 2.06 bits per heavy atom. The van der Waals surface area contributed by atoms with Crippen LogP contribution in [0.3, 0.4) is 0 Å². The number of rotatable bonds is 3. The first kappa shape index (κ1) is 13.5. The summed E-state index contributed by atoms with van der Waals surface area (Å²) in [5.41, 5.74) is 0. The van der Waals surface area contributed by atoms with Gasteiger partial charge >= 0.3 is 0 Å². The maximum absolute atomic E-state index is 11.4. The molecule has 1 aromatic rings. The Kier molecular flexibility index (Phi) is 4.07. The number of hydrogen-bond donors (Lipinski definition) is 0. The SMILES string of the molecule is CS(=O)(=O)CC1CCCCN1c1ncc(Cl)cn1. The maximum atomic E-state index is 11.4. The minimum atomic E-state index is -3.00. The van der Waals surface area contributed by atoms with Crippen LogP contribution in [-0.4, -0.2) is 43.0 Å². The number of hydrogen-bond acceptors (Lipinski definition) is 5. The monoisotopic (exact) mass is 289 g/mol. The molecule has 1 fully saturated rings. The number of piperidine rings is 1. The quantitative estimate of drug-likeness (QED) is 0.844. The van der Waals surface area contributed by atoms with Crippen molar-refractivity contribution in [3.8, 4) is 0 Å². The highest BCUT2D eigenvalue weighted by atomic mass is 35.5. The molecule has 0 saturated carbocycles. The number of aromatic nitrogens is 2. The molecule has 0 amide bonds. The van der Waals surface area contributed by atoms with Crippen molar-refractivity contribution in [1.82, 2.24) is 9.97 Å². The molecule has 1 atom stereocenters. The summed E-state index contributed by atoms with van der Waals surface area (Å²) in [6.45, 7) is 0.793. The second kappa shape index (κ2) is 5.40. The van der Waals surface area contributed by atoms with Crippen molar-refractivity contribution < 1.29 is 8.42 Å². The molecule has 0 aromatic carbocycles. The molecule has 1 unspecified atom stereocenters. The van der Waals surface area contributed by atoms with Crippen LogP contribution < -0.4 is 4.90 Å². The third kappa shape index (κ3) is 3.55. The van der Waals surface area contributed by atoms with Gasteiger partial charge in [0.25, 0.3) is 0 Å². The van der Waals surface area contributed by atoms with Gasteiger partial charge in [-0.1, -0.05) is 11.6 Å². The fraction of sp³-hybridized carbons (Fsp3) is 0.636. The first-order valence-corrected chi connectivity index (χ1v) is 8.31. The van der Waals surface area contributed by atoms with Crippen LogP contribution in [0.5, 0.6) is 0 Å². The Labute approximate surface area is 112 Å². The topological polar surface area (TPSA) is 63.2 Å². The van der Waals surface area contributed by atoms with E-state index in [1.165, 1.54) is 18.6 Å². The van der Waals surface area contributed by atoms with E-state index in [4.69, 9.17) is 11.6 Å². The van der Waals surface area contributed by atoms with Crippen molar-refractivity contribution in [2.24, 2.45) is 0 Å². The molecule has 7 heteroatoms. The minimum Gasteiger partial charge on any atom is -0.337 e. The zero-order valence-electron chi connectivity index (χ0n) is 10.2. The maximum Gasteiger partial charge on any atom is 0.225 e. The van der Waals surface area contributed by atoms with Crippen LogP contribution in [0.1, 0.15) is 19.3 Å². The first-order chi connectivity index (χ1) is 8.46. The van der Waals surface area contributed by atoms with Crippen LogP contribution in [0.15, 0.2) is 12.4 Å². The van der Waals surface area contributed by atoms with Crippen LogP contribution in [-0.2, 0) is 9.84 Å². The minimum absolute atomic E-state index is 0.0325. The van der Waals surface area contributed by atoms with Gasteiger partial charge in [-0.15, -0.1) is 0 Å².